The summed E-state index contributed by atoms with van der Waals surface area (Å²) >= 11 is 0. The Morgan fingerprint density at radius 1 is 1.21 bits per heavy atom. The average Bonchev–Trinajstić information content (AvgIpc) is 2.30. The molecule has 0 radical (unpaired) electrons. The maximum Gasteiger partial charge on any atom is 0.317 e. The average molecular weight is 272 g/mol. The molecule has 5 nitrogen and oxygen atoms in total. The van der Waals surface area contributed by atoms with Crippen LogP contribution in [0.3, 0.4) is 0 Å². The molecule has 112 valence electrons. The van der Waals surface area contributed by atoms with Crippen molar-refractivity contribution in [2.45, 2.75) is 59.4 Å². The molecule has 0 aliphatic heterocycles. The second kappa shape index (κ2) is 9.64. The molecule has 0 aromatic rings. The third-order valence-corrected chi connectivity index (χ3v) is 3.01. The number of amides is 2. The monoisotopic (exact) mass is 272 g/mol. The second-order valence-corrected chi connectivity index (χ2v) is 5.38. The van der Waals surface area contributed by atoms with Crippen molar-refractivity contribution in [3.8, 4) is 0 Å². The topological polar surface area (TPSA) is 69.6 Å². The fourth-order valence-electron chi connectivity index (χ4n) is 1.86. The van der Waals surface area contributed by atoms with Crippen LogP contribution in [0.2, 0.25) is 0 Å². The van der Waals surface area contributed by atoms with Gasteiger partial charge in [-0.05, 0) is 26.2 Å². The summed E-state index contributed by atoms with van der Waals surface area (Å²) < 4.78 is 0. The van der Waals surface area contributed by atoms with Crippen LogP contribution in [0.4, 0.5) is 4.79 Å². The minimum atomic E-state index is -0.828. The van der Waals surface area contributed by atoms with Crippen molar-refractivity contribution in [1.82, 2.24) is 10.2 Å². The minimum Gasteiger partial charge on any atom is -0.481 e. The summed E-state index contributed by atoms with van der Waals surface area (Å²) in [7, 11) is 0. The third-order valence-electron chi connectivity index (χ3n) is 3.01. The highest BCUT2D eigenvalue weighted by atomic mass is 16.4. The Morgan fingerprint density at radius 3 is 2.32 bits per heavy atom. The van der Waals surface area contributed by atoms with Crippen molar-refractivity contribution in [3.05, 3.63) is 0 Å². The van der Waals surface area contributed by atoms with Crippen molar-refractivity contribution < 1.29 is 14.7 Å². The summed E-state index contributed by atoms with van der Waals surface area (Å²) in [6.45, 7) is 9.10. The number of aliphatic carboxylic acids is 1. The van der Waals surface area contributed by atoms with Crippen molar-refractivity contribution in [1.29, 1.82) is 0 Å². The van der Waals surface area contributed by atoms with E-state index < -0.39 is 5.97 Å². The fourth-order valence-corrected chi connectivity index (χ4v) is 1.86. The zero-order chi connectivity index (χ0) is 14.8. The molecule has 2 N–H and O–H groups in total. The van der Waals surface area contributed by atoms with Gasteiger partial charge in [-0.25, -0.2) is 4.79 Å². The van der Waals surface area contributed by atoms with Crippen molar-refractivity contribution in [2.24, 2.45) is 5.92 Å². The number of rotatable bonds is 9. The van der Waals surface area contributed by atoms with Crippen LogP contribution in [0.15, 0.2) is 0 Å². The molecule has 0 aromatic heterocycles. The number of hydrogen-bond donors (Lipinski definition) is 2. The van der Waals surface area contributed by atoms with Gasteiger partial charge in [-0.2, -0.15) is 0 Å². The van der Waals surface area contributed by atoms with Crippen molar-refractivity contribution >= 4 is 12.0 Å². The highest BCUT2D eigenvalue weighted by molar-refractivity contribution is 5.74. The first-order valence-corrected chi connectivity index (χ1v) is 7.14. The van der Waals surface area contributed by atoms with E-state index in [1.54, 1.807) is 0 Å². The number of hydrogen-bond acceptors (Lipinski definition) is 2. The van der Waals surface area contributed by atoms with Gasteiger partial charge in [-0.15, -0.1) is 0 Å². The van der Waals surface area contributed by atoms with Crippen molar-refractivity contribution in [2.75, 3.05) is 13.1 Å². The highest BCUT2D eigenvalue weighted by Crippen LogP contribution is 2.05. The highest BCUT2D eigenvalue weighted by Gasteiger charge is 2.17. The molecule has 0 rings (SSSR count). The first-order valence-electron chi connectivity index (χ1n) is 7.14. The maximum absolute atomic E-state index is 12.0. The van der Waals surface area contributed by atoms with E-state index in [1.807, 2.05) is 25.7 Å². The summed E-state index contributed by atoms with van der Waals surface area (Å²) in [5.41, 5.74) is 0. The van der Waals surface area contributed by atoms with Gasteiger partial charge in [-0.3, -0.25) is 4.79 Å². The van der Waals surface area contributed by atoms with Gasteiger partial charge < -0.3 is 15.3 Å². The Kier molecular flexibility index (Phi) is 9.00. The van der Waals surface area contributed by atoms with Crippen molar-refractivity contribution in [3.63, 3.8) is 0 Å². The first-order chi connectivity index (χ1) is 8.88. The number of carbonyl (C=O) groups excluding carboxylic acids is 1. The molecule has 1 unspecified atom stereocenters. The van der Waals surface area contributed by atoms with E-state index in [-0.39, 0.29) is 24.4 Å². The van der Waals surface area contributed by atoms with Crippen LogP contribution < -0.4 is 5.32 Å². The Hall–Kier alpha value is -1.26. The predicted molar refractivity (Wildman–Crippen MR) is 76.2 cm³/mol. The molecule has 0 aliphatic rings. The smallest absolute Gasteiger partial charge is 0.317 e. The molecule has 19 heavy (non-hydrogen) atoms. The zero-order valence-electron chi connectivity index (χ0n) is 12.6. The summed E-state index contributed by atoms with van der Waals surface area (Å²) in [4.78, 5) is 24.4. The van der Waals surface area contributed by atoms with Crippen LogP contribution in [0, 0.1) is 5.92 Å². The molecule has 0 saturated heterocycles. The van der Waals surface area contributed by atoms with Gasteiger partial charge in [0.1, 0.15) is 0 Å². The number of nitrogens with zero attached hydrogens (tertiary/aromatic N) is 1. The van der Waals surface area contributed by atoms with E-state index >= 15 is 0 Å². The number of carboxylic acid groups (broad SMARTS) is 1. The van der Waals surface area contributed by atoms with Gasteiger partial charge in [0.05, 0.1) is 0 Å². The van der Waals surface area contributed by atoms with Gasteiger partial charge in [-0.1, -0.05) is 26.7 Å². The lowest BCUT2D eigenvalue weighted by molar-refractivity contribution is -0.137. The van der Waals surface area contributed by atoms with E-state index in [2.05, 4.69) is 12.2 Å². The molecule has 5 heteroatoms. The second-order valence-electron chi connectivity index (χ2n) is 5.38. The van der Waals surface area contributed by atoms with Gasteiger partial charge >= 0.3 is 12.0 Å². The van der Waals surface area contributed by atoms with Gasteiger partial charge in [0.15, 0.2) is 0 Å². The normalized spacial score (nSPS) is 12.3. The molecule has 0 saturated carbocycles. The molecular formula is C14H28N2O3. The Bertz CT molecular complexity index is 280. The van der Waals surface area contributed by atoms with Crippen LogP contribution in [0.5, 0.6) is 0 Å². The summed E-state index contributed by atoms with van der Waals surface area (Å²) in [5, 5.41) is 11.5. The number of nitrogens with one attached hydrogen (secondary N) is 1. The molecule has 0 aliphatic carbocycles. The maximum atomic E-state index is 12.0. The number of unbranched alkanes of at least 4 members (excludes halogenated alkanes) is 2. The molecule has 0 aromatic carbocycles. The molecule has 0 fully saturated rings. The van der Waals surface area contributed by atoms with Crippen LogP contribution in [-0.4, -0.2) is 41.1 Å². The number of carbonyl (C=O) groups is 2. The lowest BCUT2D eigenvalue weighted by Gasteiger charge is -2.27. The molecular weight excluding hydrogens is 244 g/mol. The van der Waals surface area contributed by atoms with Crippen LogP contribution in [0.1, 0.15) is 53.4 Å². The van der Waals surface area contributed by atoms with Crippen LogP contribution in [-0.2, 0) is 4.79 Å². The third kappa shape index (κ3) is 8.46. The summed E-state index contributed by atoms with van der Waals surface area (Å²) in [5.74, 6) is -0.878. The standard InChI is InChI=1S/C14H28N2O3/c1-5-6-7-8-16(11(2)3)14(19)15-10-12(4)9-13(17)18/h11-12H,5-10H2,1-4H3,(H,15,19)(H,17,18). The van der Waals surface area contributed by atoms with E-state index in [0.29, 0.717) is 6.54 Å². The van der Waals surface area contributed by atoms with E-state index in [0.717, 1.165) is 25.8 Å². The zero-order valence-corrected chi connectivity index (χ0v) is 12.6. The fraction of sp³-hybridized carbons (Fsp3) is 0.857. The van der Waals surface area contributed by atoms with Crippen LogP contribution in [0.25, 0.3) is 0 Å². The minimum absolute atomic E-state index is 0.0499. The summed E-state index contributed by atoms with van der Waals surface area (Å²) in [6.07, 6.45) is 3.33. The lowest BCUT2D eigenvalue weighted by atomic mass is 10.1. The quantitative estimate of drug-likeness (QED) is 0.634. The van der Waals surface area contributed by atoms with Gasteiger partial charge in [0.25, 0.3) is 0 Å². The summed E-state index contributed by atoms with van der Waals surface area (Å²) in [6, 6.07) is 0.0648. The Balaban J connectivity index is 4.14. The lowest BCUT2D eigenvalue weighted by Crippen LogP contribution is -2.45. The SMILES string of the molecule is CCCCCN(C(=O)NCC(C)CC(=O)O)C(C)C. The van der Waals surface area contributed by atoms with E-state index in [9.17, 15) is 9.59 Å². The van der Waals surface area contributed by atoms with E-state index in [4.69, 9.17) is 5.11 Å². The van der Waals surface area contributed by atoms with E-state index in [1.165, 1.54) is 0 Å². The van der Waals surface area contributed by atoms with Gasteiger partial charge in [0.2, 0.25) is 0 Å². The number of urea groups is 1. The molecule has 0 heterocycles. The molecule has 0 spiro atoms. The first kappa shape index (κ1) is 17.7. The molecule has 1 atom stereocenters. The number of carboxylic acids is 1. The predicted octanol–water partition coefficient (Wildman–Crippen LogP) is 2.71. The largest absolute Gasteiger partial charge is 0.481 e. The Morgan fingerprint density at radius 2 is 1.84 bits per heavy atom. The molecule has 2 amide bonds. The Labute approximate surface area is 116 Å². The van der Waals surface area contributed by atoms with Crippen LogP contribution >= 0.6 is 0 Å². The molecule has 0 bridgehead atoms. The van der Waals surface area contributed by atoms with Gasteiger partial charge in [0, 0.05) is 25.6 Å².